The average Bonchev–Trinajstić information content (AvgIpc) is 3.60. The SMILES string of the molecule is CN[C@@H](C)C(=O)N[C@H](C(=O)N1CC[C@H](C)[C@H]1c1nc(-c2sccc2-c2ccccc2)cs1)C(C)(C)C. The molecule has 1 fully saturated rings. The lowest BCUT2D eigenvalue weighted by atomic mass is 9.85. The zero-order chi connectivity index (χ0) is 26.0. The van der Waals surface area contributed by atoms with Crippen molar-refractivity contribution in [3.8, 4) is 21.7 Å². The van der Waals surface area contributed by atoms with Gasteiger partial charge in [0.2, 0.25) is 11.8 Å². The lowest BCUT2D eigenvalue weighted by Crippen LogP contribution is -2.57. The van der Waals surface area contributed by atoms with Crippen molar-refractivity contribution >= 4 is 34.5 Å². The largest absolute Gasteiger partial charge is 0.342 e. The molecule has 3 heterocycles. The lowest BCUT2D eigenvalue weighted by Gasteiger charge is -2.36. The maximum atomic E-state index is 13.9. The molecule has 0 saturated carbocycles. The number of benzene rings is 1. The van der Waals surface area contributed by atoms with Crippen LogP contribution in [0.5, 0.6) is 0 Å². The van der Waals surface area contributed by atoms with Crippen LogP contribution >= 0.6 is 22.7 Å². The van der Waals surface area contributed by atoms with E-state index in [4.69, 9.17) is 4.98 Å². The van der Waals surface area contributed by atoms with Crippen LogP contribution in [0.1, 0.15) is 52.1 Å². The fourth-order valence-electron chi connectivity index (χ4n) is 4.66. The van der Waals surface area contributed by atoms with E-state index in [1.807, 2.05) is 31.7 Å². The summed E-state index contributed by atoms with van der Waals surface area (Å²) in [6, 6.07) is 11.4. The summed E-state index contributed by atoms with van der Waals surface area (Å²) in [7, 11) is 1.74. The van der Waals surface area contributed by atoms with Crippen LogP contribution in [0.15, 0.2) is 47.2 Å². The van der Waals surface area contributed by atoms with Gasteiger partial charge >= 0.3 is 0 Å². The number of rotatable bonds is 7. The predicted octanol–water partition coefficient (Wildman–Crippen LogP) is 5.59. The Morgan fingerprint density at radius 3 is 2.53 bits per heavy atom. The molecule has 0 spiro atoms. The van der Waals surface area contributed by atoms with E-state index in [2.05, 4.69) is 58.6 Å². The molecule has 1 saturated heterocycles. The number of carbonyl (C=O) groups excluding carboxylic acids is 2. The maximum absolute atomic E-state index is 13.9. The van der Waals surface area contributed by atoms with Crippen molar-refractivity contribution < 1.29 is 9.59 Å². The molecule has 0 aliphatic carbocycles. The first-order valence-electron chi connectivity index (χ1n) is 12.5. The van der Waals surface area contributed by atoms with E-state index in [0.29, 0.717) is 6.54 Å². The fourth-order valence-corrected chi connectivity index (χ4v) is 6.67. The Bertz CT molecular complexity index is 1200. The number of likely N-dealkylation sites (tertiary alicyclic amines) is 1. The van der Waals surface area contributed by atoms with E-state index in [9.17, 15) is 9.59 Å². The van der Waals surface area contributed by atoms with Crippen LogP contribution in [0, 0.1) is 11.3 Å². The summed E-state index contributed by atoms with van der Waals surface area (Å²) in [5, 5.41) is 11.1. The van der Waals surface area contributed by atoms with Crippen LogP contribution in [0.2, 0.25) is 0 Å². The normalized spacial score (nSPS) is 19.8. The minimum absolute atomic E-state index is 0.0358. The van der Waals surface area contributed by atoms with Gasteiger partial charge in [-0.05, 0) is 48.7 Å². The summed E-state index contributed by atoms with van der Waals surface area (Å²) in [6.07, 6.45) is 0.914. The second kappa shape index (κ2) is 10.8. The van der Waals surface area contributed by atoms with Gasteiger partial charge in [0.05, 0.1) is 22.7 Å². The van der Waals surface area contributed by atoms with E-state index in [1.165, 1.54) is 11.1 Å². The number of nitrogens with zero attached hydrogens (tertiary/aromatic N) is 2. The molecule has 6 nitrogen and oxygen atoms in total. The fraction of sp³-hybridized carbons (Fsp3) is 0.464. The van der Waals surface area contributed by atoms with Gasteiger partial charge in [-0.1, -0.05) is 58.0 Å². The van der Waals surface area contributed by atoms with Crippen LogP contribution in [0.25, 0.3) is 21.7 Å². The van der Waals surface area contributed by atoms with Gasteiger partial charge < -0.3 is 15.5 Å². The minimum Gasteiger partial charge on any atom is -0.342 e. The number of carbonyl (C=O) groups is 2. The number of hydrogen-bond acceptors (Lipinski definition) is 6. The molecule has 1 aliphatic heterocycles. The molecule has 8 heteroatoms. The number of thiophene rings is 1. The molecular formula is C28H36N4O2S2. The van der Waals surface area contributed by atoms with Crippen LogP contribution in [-0.4, -0.2) is 47.4 Å². The third-order valence-electron chi connectivity index (χ3n) is 6.97. The third-order valence-corrected chi connectivity index (χ3v) is 8.82. The molecule has 2 amide bonds. The Kier molecular flexibility index (Phi) is 7.97. The number of amides is 2. The van der Waals surface area contributed by atoms with Crippen molar-refractivity contribution in [1.82, 2.24) is 20.5 Å². The summed E-state index contributed by atoms with van der Waals surface area (Å²) in [5.74, 6) is 0.0843. The van der Waals surface area contributed by atoms with Gasteiger partial charge in [0.15, 0.2) is 0 Å². The van der Waals surface area contributed by atoms with Crippen molar-refractivity contribution in [3.05, 3.63) is 52.2 Å². The van der Waals surface area contributed by atoms with Crippen molar-refractivity contribution in [1.29, 1.82) is 0 Å². The summed E-state index contributed by atoms with van der Waals surface area (Å²) < 4.78 is 0. The molecule has 0 unspecified atom stereocenters. The lowest BCUT2D eigenvalue weighted by molar-refractivity contribution is -0.141. The van der Waals surface area contributed by atoms with Gasteiger partial charge in [0, 0.05) is 17.5 Å². The molecule has 36 heavy (non-hydrogen) atoms. The van der Waals surface area contributed by atoms with E-state index in [1.54, 1.807) is 36.6 Å². The monoisotopic (exact) mass is 524 g/mol. The first-order valence-corrected chi connectivity index (χ1v) is 14.2. The van der Waals surface area contributed by atoms with E-state index < -0.39 is 11.5 Å². The Hall–Kier alpha value is -2.55. The molecule has 4 rings (SSSR count). The second-order valence-electron chi connectivity index (χ2n) is 10.7. The quantitative estimate of drug-likeness (QED) is 0.423. The zero-order valence-corrected chi connectivity index (χ0v) is 23.5. The van der Waals surface area contributed by atoms with Gasteiger partial charge in [-0.15, -0.1) is 22.7 Å². The van der Waals surface area contributed by atoms with Crippen molar-refractivity contribution in [2.75, 3.05) is 13.6 Å². The smallest absolute Gasteiger partial charge is 0.246 e. The molecule has 1 aliphatic rings. The van der Waals surface area contributed by atoms with Crippen LogP contribution < -0.4 is 10.6 Å². The topological polar surface area (TPSA) is 74.3 Å². The van der Waals surface area contributed by atoms with Gasteiger partial charge in [0.1, 0.15) is 11.0 Å². The highest BCUT2D eigenvalue weighted by Crippen LogP contribution is 2.43. The summed E-state index contributed by atoms with van der Waals surface area (Å²) in [4.78, 5) is 34.8. The first-order chi connectivity index (χ1) is 17.1. The zero-order valence-electron chi connectivity index (χ0n) is 21.9. The van der Waals surface area contributed by atoms with Crippen LogP contribution in [-0.2, 0) is 9.59 Å². The van der Waals surface area contributed by atoms with E-state index >= 15 is 0 Å². The maximum Gasteiger partial charge on any atom is 0.246 e. The Labute approximate surface area is 222 Å². The molecule has 4 atom stereocenters. The Balaban J connectivity index is 1.61. The predicted molar refractivity (Wildman–Crippen MR) is 149 cm³/mol. The average molecular weight is 525 g/mol. The van der Waals surface area contributed by atoms with Crippen LogP contribution in [0.3, 0.4) is 0 Å². The van der Waals surface area contributed by atoms with Crippen molar-refractivity contribution in [2.24, 2.45) is 11.3 Å². The Morgan fingerprint density at radius 2 is 1.86 bits per heavy atom. The highest BCUT2D eigenvalue weighted by Gasteiger charge is 2.43. The van der Waals surface area contributed by atoms with Gasteiger partial charge in [0.25, 0.3) is 0 Å². The molecule has 2 N–H and O–H groups in total. The molecule has 0 radical (unpaired) electrons. The highest BCUT2D eigenvalue weighted by atomic mass is 32.1. The highest BCUT2D eigenvalue weighted by molar-refractivity contribution is 7.15. The standard InChI is InChI=1S/C28H36N4O2S2/c1-17-12-14-32(27(34)24(28(3,4)5)31-25(33)18(2)29-6)22(17)26-30-21(16-36-26)23-20(13-15-35-23)19-10-8-7-9-11-19/h7-11,13,15-18,22,24,29H,12,14H2,1-6H3,(H,31,33)/t17-,18-,22-,24+/m0/s1. The van der Waals surface area contributed by atoms with Gasteiger partial charge in [-0.25, -0.2) is 4.98 Å². The van der Waals surface area contributed by atoms with E-state index in [0.717, 1.165) is 22.0 Å². The number of hydrogen-bond donors (Lipinski definition) is 2. The van der Waals surface area contributed by atoms with Crippen LogP contribution in [0.4, 0.5) is 0 Å². The molecule has 192 valence electrons. The molecular weight excluding hydrogens is 488 g/mol. The summed E-state index contributed by atoms with van der Waals surface area (Å²) in [6.45, 7) is 10.6. The molecule has 1 aromatic carbocycles. The molecule has 3 aromatic rings. The van der Waals surface area contributed by atoms with Crippen molar-refractivity contribution in [3.63, 3.8) is 0 Å². The first kappa shape index (κ1) is 26.5. The number of aromatic nitrogens is 1. The van der Waals surface area contributed by atoms with Gasteiger partial charge in [-0.2, -0.15) is 0 Å². The van der Waals surface area contributed by atoms with Crippen molar-refractivity contribution in [2.45, 2.75) is 59.2 Å². The Morgan fingerprint density at radius 1 is 1.14 bits per heavy atom. The molecule has 2 aromatic heterocycles. The third kappa shape index (κ3) is 5.41. The number of thiazole rings is 1. The van der Waals surface area contributed by atoms with Gasteiger partial charge in [-0.3, -0.25) is 9.59 Å². The number of likely N-dealkylation sites (N-methyl/N-ethyl adjacent to an activating group) is 1. The number of nitrogens with one attached hydrogen (secondary N) is 2. The molecule has 0 bridgehead atoms. The minimum atomic E-state index is -0.616. The second-order valence-corrected chi connectivity index (χ2v) is 12.5. The van der Waals surface area contributed by atoms with E-state index in [-0.39, 0.29) is 29.8 Å². The summed E-state index contributed by atoms with van der Waals surface area (Å²) in [5.41, 5.74) is 2.89. The summed E-state index contributed by atoms with van der Waals surface area (Å²) >= 11 is 3.31.